The van der Waals surface area contributed by atoms with E-state index in [1.54, 1.807) is 0 Å². The van der Waals surface area contributed by atoms with Crippen LogP contribution in [0.2, 0.25) is 0 Å². The Labute approximate surface area is 156 Å². The van der Waals surface area contributed by atoms with Crippen molar-refractivity contribution in [2.45, 2.75) is 58.3 Å². The first kappa shape index (κ1) is 20.0. The number of hydrogen-bond donors (Lipinski definition) is 0. The van der Waals surface area contributed by atoms with Gasteiger partial charge in [-0.3, -0.25) is 9.69 Å². The van der Waals surface area contributed by atoms with Crippen LogP contribution in [0.25, 0.3) is 0 Å². The summed E-state index contributed by atoms with van der Waals surface area (Å²) in [6.07, 6.45) is 4.43. The van der Waals surface area contributed by atoms with E-state index < -0.39 is 11.3 Å². The molecule has 4 nitrogen and oxygen atoms in total. The largest absolute Gasteiger partial charge is 0.342 e. The number of rotatable bonds is 5. The maximum atomic E-state index is 14.9. The maximum Gasteiger partial charge on any atom is 0.266 e. The first-order valence-electron chi connectivity index (χ1n) is 10.5. The molecule has 26 heavy (non-hydrogen) atoms. The van der Waals surface area contributed by atoms with Gasteiger partial charge in [0, 0.05) is 31.5 Å². The number of alkyl halides is 2. The third-order valence-corrected chi connectivity index (χ3v) is 6.92. The molecule has 3 rings (SSSR count). The normalized spacial score (nSPS) is 29.4. The third-order valence-electron chi connectivity index (χ3n) is 6.92. The molecule has 3 saturated heterocycles. The summed E-state index contributed by atoms with van der Waals surface area (Å²) < 4.78 is 29.9. The fourth-order valence-corrected chi connectivity index (χ4v) is 5.17. The Balaban J connectivity index is 1.49. The Kier molecular flexibility index (Phi) is 6.22. The van der Waals surface area contributed by atoms with E-state index in [1.807, 2.05) is 16.7 Å². The summed E-state index contributed by atoms with van der Waals surface area (Å²) in [6.45, 7) is 9.73. The predicted octanol–water partition coefficient (Wildman–Crippen LogP) is 3.08. The third kappa shape index (κ3) is 4.06. The van der Waals surface area contributed by atoms with E-state index >= 15 is 0 Å². The number of likely N-dealkylation sites (tertiary alicyclic amines) is 3. The summed E-state index contributed by atoms with van der Waals surface area (Å²) in [5.74, 6) is -1.82. The minimum atomic E-state index is -2.57. The second kappa shape index (κ2) is 8.09. The fourth-order valence-electron chi connectivity index (χ4n) is 5.17. The summed E-state index contributed by atoms with van der Waals surface area (Å²) in [4.78, 5) is 18.1. The molecule has 0 bridgehead atoms. The molecule has 0 aromatic heterocycles. The Hall–Kier alpha value is -0.750. The number of nitrogens with zero attached hydrogens (tertiary/aromatic N) is 3. The van der Waals surface area contributed by atoms with E-state index in [0.29, 0.717) is 31.6 Å². The Morgan fingerprint density at radius 2 is 1.69 bits per heavy atom. The van der Waals surface area contributed by atoms with Gasteiger partial charge in [-0.05, 0) is 64.2 Å². The zero-order valence-electron chi connectivity index (χ0n) is 16.5. The van der Waals surface area contributed by atoms with Crippen LogP contribution in [-0.2, 0) is 4.79 Å². The van der Waals surface area contributed by atoms with Gasteiger partial charge in [0.05, 0.1) is 6.54 Å². The molecule has 6 heteroatoms. The van der Waals surface area contributed by atoms with Gasteiger partial charge < -0.3 is 9.80 Å². The van der Waals surface area contributed by atoms with Gasteiger partial charge in [-0.2, -0.15) is 0 Å². The monoisotopic (exact) mass is 371 g/mol. The van der Waals surface area contributed by atoms with E-state index in [9.17, 15) is 13.6 Å². The van der Waals surface area contributed by atoms with Crippen molar-refractivity contribution in [3.05, 3.63) is 0 Å². The lowest BCUT2D eigenvalue weighted by atomic mass is 9.68. The van der Waals surface area contributed by atoms with Crippen LogP contribution < -0.4 is 0 Å². The van der Waals surface area contributed by atoms with E-state index in [4.69, 9.17) is 0 Å². The molecule has 0 radical (unpaired) electrons. The van der Waals surface area contributed by atoms with E-state index in [2.05, 4.69) is 11.8 Å². The van der Waals surface area contributed by atoms with Crippen LogP contribution in [-0.4, -0.2) is 78.9 Å². The molecule has 0 saturated carbocycles. The van der Waals surface area contributed by atoms with Crippen LogP contribution in [0.4, 0.5) is 8.78 Å². The standard InChI is InChI=1S/C20H35F2N3O/c1-3-9-24-13-8-19(20(21,22)16-24)6-11-23(12-7-19)14-17-5-10-25(15-17)18(26)4-2/h17H,3-16H2,1-2H3. The van der Waals surface area contributed by atoms with Crippen LogP contribution in [0.15, 0.2) is 0 Å². The van der Waals surface area contributed by atoms with E-state index in [0.717, 1.165) is 58.7 Å². The summed E-state index contributed by atoms with van der Waals surface area (Å²) in [5.41, 5.74) is -0.784. The molecule has 1 unspecified atom stereocenters. The number of piperidine rings is 2. The molecule has 150 valence electrons. The minimum Gasteiger partial charge on any atom is -0.342 e. The fraction of sp³-hybridized carbons (Fsp3) is 0.950. The smallest absolute Gasteiger partial charge is 0.266 e. The zero-order valence-corrected chi connectivity index (χ0v) is 16.5. The number of carbonyl (C=O) groups excluding carboxylic acids is 1. The molecule has 0 aromatic carbocycles. The molecule has 3 aliphatic rings. The quantitative estimate of drug-likeness (QED) is 0.743. The van der Waals surface area contributed by atoms with Crippen molar-refractivity contribution in [1.29, 1.82) is 0 Å². The maximum absolute atomic E-state index is 14.9. The summed E-state index contributed by atoms with van der Waals surface area (Å²) in [6, 6.07) is 0. The van der Waals surface area contributed by atoms with Crippen molar-refractivity contribution < 1.29 is 13.6 Å². The van der Waals surface area contributed by atoms with Crippen molar-refractivity contribution >= 4 is 5.91 Å². The van der Waals surface area contributed by atoms with Gasteiger partial charge in [0.2, 0.25) is 5.91 Å². The van der Waals surface area contributed by atoms with Gasteiger partial charge in [0.15, 0.2) is 0 Å². The SMILES string of the molecule is CCCN1CCC2(CCN(CC3CCN(C(=O)CC)C3)CC2)C(F)(F)C1. The summed E-state index contributed by atoms with van der Waals surface area (Å²) >= 11 is 0. The van der Waals surface area contributed by atoms with Crippen molar-refractivity contribution in [1.82, 2.24) is 14.7 Å². The highest BCUT2D eigenvalue weighted by atomic mass is 19.3. The zero-order chi connectivity index (χ0) is 18.8. The highest BCUT2D eigenvalue weighted by Gasteiger charge is 2.57. The minimum absolute atomic E-state index is 0.0580. The molecule has 3 heterocycles. The molecule has 0 N–H and O–H groups in total. The molecule has 1 amide bonds. The van der Waals surface area contributed by atoms with Gasteiger partial charge in [0.1, 0.15) is 0 Å². The van der Waals surface area contributed by atoms with E-state index in [-0.39, 0.29) is 12.5 Å². The summed E-state index contributed by atoms with van der Waals surface area (Å²) in [5, 5.41) is 0. The number of hydrogen-bond acceptors (Lipinski definition) is 3. The first-order valence-corrected chi connectivity index (χ1v) is 10.5. The molecule has 0 aliphatic carbocycles. The van der Waals surface area contributed by atoms with Gasteiger partial charge in [-0.1, -0.05) is 13.8 Å². The number of halogens is 2. The molecular formula is C20H35F2N3O. The van der Waals surface area contributed by atoms with Crippen LogP contribution in [0.3, 0.4) is 0 Å². The van der Waals surface area contributed by atoms with Gasteiger partial charge in [0.25, 0.3) is 5.92 Å². The number of carbonyl (C=O) groups is 1. The lowest BCUT2D eigenvalue weighted by molar-refractivity contribution is -0.187. The molecule has 1 atom stereocenters. The average Bonchev–Trinajstić information content (AvgIpc) is 3.08. The first-order chi connectivity index (χ1) is 12.4. The van der Waals surface area contributed by atoms with Crippen LogP contribution in [0.1, 0.15) is 52.4 Å². The topological polar surface area (TPSA) is 26.8 Å². The van der Waals surface area contributed by atoms with Crippen molar-refractivity contribution in [2.75, 3.05) is 52.4 Å². The van der Waals surface area contributed by atoms with Crippen LogP contribution in [0, 0.1) is 11.3 Å². The Morgan fingerprint density at radius 3 is 2.31 bits per heavy atom. The second-order valence-corrected chi connectivity index (χ2v) is 8.66. The molecule has 3 fully saturated rings. The highest BCUT2D eigenvalue weighted by Crippen LogP contribution is 2.50. The summed E-state index contributed by atoms with van der Waals surface area (Å²) in [7, 11) is 0. The van der Waals surface area contributed by atoms with Crippen LogP contribution in [0.5, 0.6) is 0 Å². The number of amides is 1. The van der Waals surface area contributed by atoms with E-state index in [1.165, 1.54) is 0 Å². The predicted molar refractivity (Wildman–Crippen MR) is 99.4 cm³/mol. The second-order valence-electron chi connectivity index (χ2n) is 8.66. The van der Waals surface area contributed by atoms with Gasteiger partial charge in [-0.25, -0.2) is 8.78 Å². The van der Waals surface area contributed by atoms with Crippen molar-refractivity contribution in [3.8, 4) is 0 Å². The van der Waals surface area contributed by atoms with Crippen molar-refractivity contribution in [2.24, 2.45) is 11.3 Å². The van der Waals surface area contributed by atoms with Gasteiger partial charge in [-0.15, -0.1) is 0 Å². The average molecular weight is 372 g/mol. The molecule has 3 aliphatic heterocycles. The van der Waals surface area contributed by atoms with Crippen molar-refractivity contribution in [3.63, 3.8) is 0 Å². The highest BCUT2D eigenvalue weighted by molar-refractivity contribution is 5.76. The Bertz CT molecular complexity index is 491. The molecule has 0 aromatic rings. The molecular weight excluding hydrogens is 336 g/mol. The van der Waals surface area contributed by atoms with Crippen LogP contribution >= 0.6 is 0 Å². The molecule has 1 spiro atoms. The van der Waals surface area contributed by atoms with Gasteiger partial charge >= 0.3 is 0 Å². The lowest BCUT2D eigenvalue weighted by Gasteiger charge is -2.51. The Morgan fingerprint density at radius 1 is 1.04 bits per heavy atom. The lowest BCUT2D eigenvalue weighted by Crippen LogP contribution is -2.59.